The van der Waals surface area contributed by atoms with E-state index in [4.69, 9.17) is 10.1 Å². The summed E-state index contributed by atoms with van der Waals surface area (Å²) in [6, 6.07) is 21.3. The van der Waals surface area contributed by atoms with Gasteiger partial charge in [-0.1, -0.05) is 42.5 Å². The van der Waals surface area contributed by atoms with Crippen LogP contribution in [-0.2, 0) is 22.4 Å². The van der Waals surface area contributed by atoms with Gasteiger partial charge in [0.25, 0.3) is 11.6 Å². The molecule has 0 radical (unpaired) electrons. The van der Waals surface area contributed by atoms with Gasteiger partial charge in [0.1, 0.15) is 5.69 Å². The first kappa shape index (κ1) is 38.0. The zero-order valence-corrected chi connectivity index (χ0v) is 32.5. The third-order valence-electron chi connectivity index (χ3n) is 9.60. The lowest BCUT2D eigenvalue weighted by Crippen LogP contribution is -2.47. The number of carbonyl (C=O) groups is 3. The average molecular weight is 815 g/mol. The van der Waals surface area contributed by atoms with E-state index in [9.17, 15) is 24.5 Å². The Balaban J connectivity index is 0.000000189. The van der Waals surface area contributed by atoms with Gasteiger partial charge < -0.3 is 20.2 Å². The number of fused-ring (bicyclic) bond motifs is 3. The van der Waals surface area contributed by atoms with Crippen molar-refractivity contribution in [1.29, 1.82) is 0 Å². The van der Waals surface area contributed by atoms with Gasteiger partial charge in [-0.25, -0.2) is 15.0 Å². The quantitative estimate of drug-likeness (QED) is 0.125. The van der Waals surface area contributed by atoms with Crippen LogP contribution in [0.25, 0.3) is 43.5 Å². The maximum atomic E-state index is 13.0. The smallest absolute Gasteiger partial charge is 0.309 e. The van der Waals surface area contributed by atoms with Crippen molar-refractivity contribution in [1.82, 2.24) is 38.5 Å². The Labute approximate surface area is 337 Å². The van der Waals surface area contributed by atoms with Crippen LogP contribution in [0.1, 0.15) is 21.9 Å². The number of nitrogens with one attached hydrogen (secondary N) is 1. The number of aromatic nitrogens is 6. The summed E-state index contributed by atoms with van der Waals surface area (Å²) in [5.41, 5.74) is 6.14. The Bertz CT molecular complexity index is 2840. The molecule has 1 fully saturated rings. The van der Waals surface area contributed by atoms with Crippen molar-refractivity contribution in [2.75, 3.05) is 38.5 Å². The number of aliphatic carboxylic acids is 1. The van der Waals surface area contributed by atoms with Crippen molar-refractivity contribution in [2.45, 2.75) is 12.8 Å². The Hall–Kier alpha value is -6.89. The van der Waals surface area contributed by atoms with E-state index in [0.717, 1.165) is 53.6 Å². The van der Waals surface area contributed by atoms with E-state index < -0.39 is 10.9 Å². The fourth-order valence-electron chi connectivity index (χ4n) is 6.57. The Kier molecular flexibility index (Phi) is 10.7. The largest absolute Gasteiger partial charge is 0.481 e. The number of amides is 2. The molecular weight excluding hydrogens is 781 g/mol. The van der Waals surface area contributed by atoms with Crippen LogP contribution < -0.4 is 5.32 Å². The number of hydrogen-bond acceptors (Lipinski definition) is 12. The second-order valence-corrected chi connectivity index (χ2v) is 15.1. The number of nitro groups is 1. The summed E-state index contributed by atoms with van der Waals surface area (Å²) in [6.45, 7) is 3.31. The first-order valence-corrected chi connectivity index (χ1v) is 19.8. The van der Waals surface area contributed by atoms with Gasteiger partial charge in [0.15, 0.2) is 9.92 Å². The van der Waals surface area contributed by atoms with Gasteiger partial charge in [-0.2, -0.15) is 0 Å². The van der Waals surface area contributed by atoms with Gasteiger partial charge in [0.2, 0.25) is 5.91 Å². The molecule has 0 bridgehead atoms. The first-order valence-electron chi connectivity index (χ1n) is 18.1. The number of hydrogen-bond donors (Lipinski definition) is 2. The van der Waals surface area contributed by atoms with Gasteiger partial charge in [-0.15, -0.1) is 22.7 Å². The molecule has 0 unspecified atom stereocenters. The number of thiazole rings is 2. The van der Waals surface area contributed by atoms with Crippen molar-refractivity contribution in [3.8, 4) is 22.5 Å². The monoisotopic (exact) mass is 814 g/mol. The highest BCUT2D eigenvalue weighted by atomic mass is 32.1. The van der Waals surface area contributed by atoms with E-state index in [2.05, 4.69) is 32.2 Å². The number of para-hydroxylation sites is 4. The molecule has 2 amide bonds. The maximum Gasteiger partial charge on any atom is 0.309 e. The summed E-state index contributed by atoms with van der Waals surface area (Å²) in [5.74, 6) is -1.15. The number of nitrogens with zero attached hydrogens (tertiary/aromatic N) is 9. The molecule has 18 heteroatoms. The number of rotatable bonds is 9. The van der Waals surface area contributed by atoms with Crippen molar-refractivity contribution in [3.63, 3.8) is 0 Å². The fourth-order valence-corrected chi connectivity index (χ4v) is 8.31. The van der Waals surface area contributed by atoms with Crippen LogP contribution in [0.5, 0.6) is 0 Å². The van der Waals surface area contributed by atoms with E-state index >= 15 is 0 Å². The van der Waals surface area contributed by atoms with Crippen LogP contribution >= 0.6 is 22.7 Å². The van der Waals surface area contributed by atoms with E-state index in [1.807, 2.05) is 69.4 Å². The summed E-state index contributed by atoms with van der Waals surface area (Å²) >= 11 is 2.81. The molecule has 292 valence electrons. The number of carboxylic acid groups (broad SMARTS) is 1. The molecule has 0 aliphatic carbocycles. The van der Waals surface area contributed by atoms with Crippen LogP contribution in [0, 0.1) is 10.1 Å². The topological polar surface area (TPSA) is 193 Å². The number of carbonyl (C=O) groups excluding carboxylic acids is 2. The zero-order valence-electron chi connectivity index (χ0n) is 30.9. The van der Waals surface area contributed by atoms with E-state index in [-0.39, 0.29) is 29.6 Å². The average Bonchev–Trinajstić information content (AvgIpc) is 4.02. The molecule has 6 heterocycles. The molecule has 1 saturated heterocycles. The van der Waals surface area contributed by atoms with Gasteiger partial charge in [-0.3, -0.25) is 38.3 Å². The summed E-state index contributed by atoms with van der Waals surface area (Å²) in [6.07, 6.45) is 5.26. The number of nitro benzene ring substituents is 1. The number of benzene rings is 3. The minimum Gasteiger partial charge on any atom is -0.481 e. The van der Waals surface area contributed by atoms with Crippen LogP contribution in [0.2, 0.25) is 0 Å². The molecule has 8 aromatic rings. The molecular formula is C40H34N10O6S2. The maximum absolute atomic E-state index is 13.0. The summed E-state index contributed by atoms with van der Waals surface area (Å²) in [5, 5.41) is 26.6. The van der Waals surface area contributed by atoms with Gasteiger partial charge in [0.05, 0.1) is 57.6 Å². The van der Waals surface area contributed by atoms with Crippen LogP contribution in [0.15, 0.2) is 102 Å². The third kappa shape index (κ3) is 8.01. The minimum absolute atomic E-state index is 0.0250. The number of imidazole rings is 2. The highest BCUT2D eigenvalue weighted by Crippen LogP contribution is 2.32. The molecule has 16 nitrogen and oxygen atoms in total. The summed E-state index contributed by atoms with van der Waals surface area (Å²) in [4.78, 5) is 70.8. The molecule has 1 aliphatic heterocycles. The van der Waals surface area contributed by atoms with E-state index in [1.165, 1.54) is 34.9 Å². The number of carboxylic acids is 1. The predicted molar refractivity (Wildman–Crippen MR) is 220 cm³/mol. The molecule has 0 atom stereocenters. The second-order valence-electron chi connectivity index (χ2n) is 13.5. The molecule has 9 rings (SSSR count). The second kappa shape index (κ2) is 16.3. The Morgan fingerprint density at radius 2 is 1.36 bits per heavy atom. The predicted octanol–water partition coefficient (Wildman–Crippen LogP) is 6.17. The Morgan fingerprint density at radius 1 is 0.776 bits per heavy atom. The van der Waals surface area contributed by atoms with Gasteiger partial charge in [-0.05, 0) is 31.3 Å². The van der Waals surface area contributed by atoms with Gasteiger partial charge >= 0.3 is 5.97 Å². The van der Waals surface area contributed by atoms with Crippen molar-refractivity contribution in [3.05, 3.63) is 129 Å². The van der Waals surface area contributed by atoms with Crippen LogP contribution in [0.3, 0.4) is 0 Å². The normalized spacial score (nSPS) is 13.1. The first-order chi connectivity index (χ1) is 28.1. The minimum atomic E-state index is -0.935. The lowest BCUT2D eigenvalue weighted by molar-refractivity contribution is -0.384. The molecule has 2 N–H and O–H groups in total. The zero-order chi connectivity index (χ0) is 40.3. The Morgan fingerprint density at radius 3 is 2.03 bits per heavy atom. The summed E-state index contributed by atoms with van der Waals surface area (Å²) in [7, 11) is 2.08. The van der Waals surface area contributed by atoms with Crippen molar-refractivity contribution >= 4 is 72.8 Å². The SMILES string of the molecule is CN1CCN(C(=O)Cc2csc3nc(-c4ccccc4NC(=O)c4cnc5ccccc5n4)cn23)CC1.O=C(O)Cc1csc2nc(-c3ccccc3[N+](=O)[O-])cn12. The lowest BCUT2D eigenvalue weighted by atomic mass is 10.1. The fraction of sp³-hybridized carbons (Fsp3) is 0.175. The van der Waals surface area contributed by atoms with Crippen molar-refractivity contribution < 1.29 is 24.4 Å². The number of likely N-dealkylation sites (N-methyl/N-ethyl adjacent to an activating group) is 1. The van der Waals surface area contributed by atoms with E-state index in [1.54, 1.807) is 34.2 Å². The van der Waals surface area contributed by atoms with Crippen LogP contribution in [0.4, 0.5) is 11.4 Å². The van der Waals surface area contributed by atoms with E-state index in [0.29, 0.717) is 39.5 Å². The molecule has 58 heavy (non-hydrogen) atoms. The van der Waals surface area contributed by atoms with Gasteiger partial charge in [0, 0.05) is 72.4 Å². The number of piperazine rings is 1. The lowest BCUT2D eigenvalue weighted by Gasteiger charge is -2.32. The highest BCUT2D eigenvalue weighted by Gasteiger charge is 2.22. The molecule has 0 spiro atoms. The molecule has 0 saturated carbocycles. The number of anilines is 1. The van der Waals surface area contributed by atoms with Crippen LogP contribution in [-0.4, -0.2) is 99.6 Å². The third-order valence-corrected chi connectivity index (χ3v) is 11.4. The molecule has 3 aromatic carbocycles. The highest BCUT2D eigenvalue weighted by molar-refractivity contribution is 7.15. The molecule has 5 aromatic heterocycles. The standard InChI is InChI=1S/C27H25N7O2S.C13H9N3O4S/c1-32-10-12-33(13-11-32)25(35)14-18-17-37-27-31-24(16-34(18)27)19-6-2-3-7-20(19)30-26(36)23-15-28-21-8-4-5-9-22(21)29-23;17-12(18)5-8-7-21-13-14-10(6-15(8)13)9-3-1-2-4-11(9)16(19)20/h2-9,15-17H,10-14H2,1H3,(H,30,36);1-4,6-7H,5H2,(H,17,18). The summed E-state index contributed by atoms with van der Waals surface area (Å²) < 4.78 is 3.63. The van der Waals surface area contributed by atoms with Crippen molar-refractivity contribution in [2.24, 2.45) is 0 Å². The molecule has 1 aliphatic rings.